The molecule has 1 fully saturated rings. The summed E-state index contributed by atoms with van der Waals surface area (Å²) in [5.41, 5.74) is 3.40. The molecule has 2 heterocycles. The molecule has 0 bridgehead atoms. The molecule has 1 aliphatic heterocycles. The summed E-state index contributed by atoms with van der Waals surface area (Å²) < 4.78 is 29.5. The molecule has 4 rings (SSSR count). The third kappa shape index (κ3) is 2.39. The first kappa shape index (κ1) is 16.1. The van der Waals surface area contributed by atoms with Crippen LogP contribution in [0.4, 0.5) is 0 Å². The number of nitrogens with zero attached hydrogens (tertiary/aromatic N) is 2. The molecule has 1 saturated carbocycles. The smallest absolute Gasteiger partial charge is 0.282 e. The monoisotopic (exact) mass is 347 g/mol. The average molecular weight is 347 g/mol. The van der Waals surface area contributed by atoms with Gasteiger partial charge in [0.2, 0.25) is 0 Å². The summed E-state index contributed by atoms with van der Waals surface area (Å²) in [4.78, 5) is 3.45. The highest BCUT2D eigenvalue weighted by molar-refractivity contribution is 7.86. The normalized spacial score (nSPS) is 23.6. The van der Waals surface area contributed by atoms with E-state index < -0.39 is 10.2 Å². The zero-order valence-electron chi connectivity index (χ0n) is 14.5. The van der Waals surface area contributed by atoms with Gasteiger partial charge in [0, 0.05) is 36.2 Å². The van der Waals surface area contributed by atoms with E-state index in [9.17, 15) is 8.42 Å². The lowest BCUT2D eigenvalue weighted by Crippen LogP contribution is -2.49. The maximum atomic E-state index is 13.1. The van der Waals surface area contributed by atoms with E-state index in [0.717, 1.165) is 30.5 Å². The van der Waals surface area contributed by atoms with Crippen LogP contribution in [-0.2, 0) is 16.6 Å². The standard InChI is InChI=1S/C18H25N3O2S/c1-12(14-8-9-14)20(3)24(22,23)21-11-10-16-15-6-4-5-7-17(15)19-18(16)13(21)2/h4-7,12-14,19H,8-11H2,1-3H3. The van der Waals surface area contributed by atoms with Gasteiger partial charge in [-0.3, -0.25) is 0 Å². The van der Waals surface area contributed by atoms with Gasteiger partial charge in [-0.2, -0.15) is 17.0 Å². The Morgan fingerprint density at radius 3 is 2.71 bits per heavy atom. The van der Waals surface area contributed by atoms with Gasteiger partial charge in [-0.05, 0) is 50.7 Å². The number of fused-ring (bicyclic) bond motifs is 3. The summed E-state index contributed by atoms with van der Waals surface area (Å²) in [6.07, 6.45) is 3.04. The minimum Gasteiger partial charge on any atom is -0.357 e. The fourth-order valence-electron chi connectivity index (χ4n) is 3.97. The first-order valence-electron chi connectivity index (χ1n) is 8.75. The molecule has 0 spiro atoms. The van der Waals surface area contributed by atoms with E-state index >= 15 is 0 Å². The predicted molar refractivity (Wildman–Crippen MR) is 96.0 cm³/mol. The van der Waals surface area contributed by atoms with Gasteiger partial charge >= 0.3 is 0 Å². The lowest BCUT2D eigenvalue weighted by molar-refractivity contribution is 0.269. The van der Waals surface area contributed by atoms with Crippen LogP contribution < -0.4 is 0 Å². The fraction of sp³-hybridized carbons (Fsp3) is 0.556. The second kappa shape index (κ2) is 5.58. The zero-order chi connectivity index (χ0) is 17.1. The van der Waals surface area contributed by atoms with Crippen molar-refractivity contribution in [2.45, 2.75) is 45.2 Å². The number of hydrogen-bond acceptors (Lipinski definition) is 2. The Hall–Kier alpha value is -1.37. The average Bonchev–Trinajstić information content (AvgIpc) is 3.34. The Morgan fingerprint density at radius 2 is 2.00 bits per heavy atom. The number of rotatable bonds is 4. The van der Waals surface area contributed by atoms with Crippen molar-refractivity contribution >= 4 is 21.1 Å². The molecule has 5 nitrogen and oxygen atoms in total. The second-order valence-electron chi connectivity index (χ2n) is 7.20. The van der Waals surface area contributed by atoms with Gasteiger partial charge in [-0.25, -0.2) is 0 Å². The molecule has 0 saturated heterocycles. The molecule has 1 aromatic carbocycles. The van der Waals surface area contributed by atoms with E-state index in [-0.39, 0.29) is 12.1 Å². The van der Waals surface area contributed by atoms with Crippen molar-refractivity contribution in [2.24, 2.45) is 5.92 Å². The quantitative estimate of drug-likeness (QED) is 0.924. The SMILES string of the molecule is CC(C1CC1)N(C)S(=O)(=O)N1CCc2c([nH]c3ccccc23)C1C. The van der Waals surface area contributed by atoms with Crippen molar-refractivity contribution in [2.75, 3.05) is 13.6 Å². The van der Waals surface area contributed by atoms with Gasteiger partial charge in [-0.1, -0.05) is 18.2 Å². The first-order chi connectivity index (χ1) is 11.4. The Balaban J connectivity index is 1.68. The minimum atomic E-state index is -3.45. The van der Waals surface area contributed by atoms with Crippen LogP contribution in [0.1, 0.15) is 44.0 Å². The van der Waals surface area contributed by atoms with Crippen LogP contribution in [0.25, 0.3) is 10.9 Å². The molecule has 1 aliphatic carbocycles. The molecule has 24 heavy (non-hydrogen) atoms. The number of aromatic amines is 1. The summed E-state index contributed by atoms with van der Waals surface area (Å²) >= 11 is 0. The molecular weight excluding hydrogens is 322 g/mol. The largest absolute Gasteiger partial charge is 0.357 e. The molecule has 2 aromatic rings. The lowest BCUT2D eigenvalue weighted by atomic mass is 10.0. The summed E-state index contributed by atoms with van der Waals surface area (Å²) in [5.74, 6) is 0.522. The lowest BCUT2D eigenvalue weighted by Gasteiger charge is -2.37. The maximum Gasteiger partial charge on any atom is 0.282 e. The van der Waals surface area contributed by atoms with Crippen LogP contribution in [-0.4, -0.2) is 41.6 Å². The highest BCUT2D eigenvalue weighted by Gasteiger charge is 2.41. The van der Waals surface area contributed by atoms with Gasteiger partial charge < -0.3 is 4.98 Å². The van der Waals surface area contributed by atoms with Crippen molar-refractivity contribution < 1.29 is 8.42 Å². The van der Waals surface area contributed by atoms with Gasteiger partial charge in [0.1, 0.15) is 0 Å². The molecule has 1 aromatic heterocycles. The number of benzene rings is 1. The van der Waals surface area contributed by atoms with E-state index in [0.29, 0.717) is 12.5 Å². The number of hydrogen-bond donors (Lipinski definition) is 1. The summed E-state index contributed by atoms with van der Waals surface area (Å²) in [5, 5.41) is 1.22. The van der Waals surface area contributed by atoms with E-state index in [2.05, 4.69) is 17.1 Å². The molecule has 1 N–H and O–H groups in total. The second-order valence-corrected chi connectivity index (χ2v) is 9.14. The number of aromatic nitrogens is 1. The summed E-state index contributed by atoms with van der Waals surface area (Å²) in [6, 6.07) is 8.12. The molecule has 6 heteroatoms. The van der Waals surface area contributed by atoms with E-state index in [1.54, 1.807) is 15.7 Å². The molecule has 2 atom stereocenters. The van der Waals surface area contributed by atoms with Crippen molar-refractivity contribution in [1.82, 2.24) is 13.6 Å². The Kier molecular flexibility index (Phi) is 3.74. The van der Waals surface area contributed by atoms with E-state index in [1.165, 1.54) is 10.9 Å². The van der Waals surface area contributed by atoms with Crippen LogP contribution in [0.2, 0.25) is 0 Å². The van der Waals surface area contributed by atoms with Gasteiger partial charge in [0.15, 0.2) is 0 Å². The molecule has 2 unspecified atom stereocenters. The zero-order valence-corrected chi connectivity index (χ0v) is 15.3. The molecular formula is C18H25N3O2S. The van der Waals surface area contributed by atoms with E-state index in [1.807, 2.05) is 26.0 Å². The van der Waals surface area contributed by atoms with E-state index in [4.69, 9.17) is 0 Å². The topological polar surface area (TPSA) is 56.4 Å². The van der Waals surface area contributed by atoms with Gasteiger partial charge in [-0.15, -0.1) is 0 Å². The first-order valence-corrected chi connectivity index (χ1v) is 10.1. The summed E-state index contributed by atoms with van der Waals surface area (Å²) in [6.45, 7) is 4.55. The number of nitrogens with one attached hydrogen (secondary N) is 1. The highest BCUT2D eigenvalue weighted by Crippen LogP contribution is 2.39. The van der Waals surface area contributed by atoms with Crippen molar-refractivity contribution in [3.63, 3.8) is 0 Å². The fourth-order valence-corrected chi connectivity index (χ4v) is 5.72. The molecule has 130 valence electrons. The van der Waals surface area contributed by atoms with Gasteiger partial charge in [0.25, 0.3) is 10.2 Å². The van der Waals surface area contributed by atoms with Crippen LogP contribution in [0, 0.1) is 5.92 Å². The molecule has 2 aliphatic rings. The van der Waals surface area contributed by atoms with Crippen LogP contribution in [0.3, 0.4) is 0 Å². The summed E-state index contributed by atoms with van der Waals surface area (Å²) in [7, 11) is -1.72. The third-order valence-corrected chi connectivity index (χ3v) is 7.97. The molecule has 0 amide bonds. The third-order valence-electron chi connectivity index (χ3n) is 5.82. The number of H-pyrrole nitrogens is 1. The van der Waals surface area contributed by atoms with Crippen LogP contribution in [0.15, 0.2) is 24.3 Å². The maximum absolute atomic E-state index is 13.1. The number of para-hydroxylation sites is 1. The van der Waals surface area contributed by atoms with Crippen molar-refractivity contribution in [3.8, 4) is 0 Å². The highest BCUT2D eigenvalue weighted by atomic mass is 32.2. The van der Waals surface area contributed by atoms with Crippen LogP contribution >= 0.6 is 0 Å². The van der Waals surface area contributed by atoms with Gasteiger partial charge in [0.05, 0.1) is 6.04 Å². The Morgan fingerprint density at radius 1 is 1.29 bits per heavy atom. The minimum absolute atomic E-state index is 0.0753. The Bertz CT molecular complexity index is 870. The van der Waals surface area contributed by atoms with Crippen molar-refractivity contribution in [1.29, 1.82) is 0 Å². The van der Waals surface area contributed by atoms with Crippen LogP contribution in [0.5, 0.6) is 0 Å². The van der Waals surface area contributed by atoms with Crippen molar-refractivity contribution in [3.05, 3.63) is 35.5 Å². The Labute approximate surface area is 143 Å². The molecule has 0 radical (unpaired) electrons. The predicted octanol–water partition coefficient (Wildman–Crippen LogP) is 3.06.